The Labute approximate surface area is 136 Å². The second kappa shape index (κ2) is 8.77. The molecule has 7 nitrogen and oxygen atoms in total. The van der Waals surface area contributed by atoms with Crippen molar-refractivity contribution >= 4 is 18.3 Å². The molecular weight excluding hydrogens is 292 g/mol. The molecule has 1 fully saturated rings. The highest BCUT2D eigenvalue weighted by atomic mass is 16.5. The summed E-state index contributed by atoms with van der Waals surface area (Å²) in [6.07, 6.45) is 10.9. The van der Waals surface area contributed by atoms with Gasteiger partial charge in [0.25, 0.3) is 0 Å². The van der Waals surface area contributed by atoms with Gasteiger partial charge < -0.3 is 31.5 Å². The molecular formula is C16H24N6O. The molecule has 1 saturated carbocycles. The van der Waals surface area contributed by atoms with Crippen molar-refractivity contribution in [2.45, 2.75) is 19.3 Å². The Bertz CT molecular complexity index is 557. The lowest BCUT2D eigenvalue weighted by atomic mass is 10.2. The molecule has 2 aliphatic rings. The van der Waals surface area contributed by atoms with Crippen LogP contribution < -0.4 is 16.0 Å². The highest BCUT2D eigenvalue weighted by Crippen LogP contribution is 2.29. The molecule has 0 saturated heterocycles. The van der Waals surface area contributed by atoms with E-state index in [9.17, 15) is 0 Å². The molecule has 0 aromatic heterocycles. The van der Waals surface area contributed by atoms with Crippen molar-refractivity contribution < 1.29 is 4.74 Å². The third-order valence-electron chi connectivity index (χ3n) is 3.41. The third-order valence-corrected chi connectivity index (χ3v) is 3.41. The van der Waals surface area contributed by atoms with Gasteiger partial charge in [-0.3, -0.25) is 0 Å². The molecule has 0 unspecified atom stereocenters. The smallest absolute Gasteiger partial charge is 0.218 e. The van der Waals surface area contributed by atoms with Crippen LogP contribution in [0.25, 0.3) is 0 Å². The van der Waals surface area contributed by atoms with Gasteiger partial charge >= 0.3 is 0 Å². The van der Waals surface area contributed by atoms with Crippen molar-refractivity contribution in [3.05, 3.63) is 35.6 Å². The Kier molecular flexibility index (Phi) is 6.40. The first-order valence-electron chi connectivity index (χ1n) is 7.76. The minimum absolute atomic E-state index is 0.560. The minimum atomic E-state index is 0.560. The van der Waals surface area contributed by atoms with E-state index in [-0.39, 0.29) is 0 Å². The Hall–Kier alpha value is -2.57. The van der Waals surface area contributed by atoms with Crippen LogP contribution in [0.5, 0.6) is 0 Å². The van der Waals surface area contributed by atoms with Gasteiger partial charge in [0.1, 0.15) is 11.6 Å². The van der Waals surface area contributed by atoms with Gasteiger partial charge in [-0.05, 0) is 36.8 Å². The topological polar surface area (TPSA) is 105 Å². The van der Waals surface area contributed by atoms with Gasteiger partial charge in [0.05, 0.1) is 6.61 Å². The van der Waals surface area contributed by atoms with Gasteiger partial charge in [0, 0.05) is 38.3 Å². The zero-order chi connectivity index (χ0) is 16.5. The molecule has 1 aliphatic carbocycles. The Morgan fingerprint density at radius 3 is 2.96 bits per heavy atom. The van der Waals surface area contributed by atoms with Crippen molar-refractivity contribution in [2.24, 2.45) is 10.9 Å². The molecule has 0 bridgehead atoms. The van der Waals surface area contributed by atoms with E-state index in [1.165, 1.54) is 25.3 Å². The maximum Gasteiger partial charge on any atom is 0.218 e. The van der Waals surface area contributed by atoms with E-state index >= 15 is 0 Å². The van der Waals surface area contributed by atoms with Crippen LogP contribution in [0.1, 0.15) is 19.3 Å². The van der Waals surface area contributed by atoms with E-state index < -0.39 is 0 Å². The van der Waals surface area contributed by atoms with Gasteiger partial charge in [-0.25, -0.2) is 0 Å². The first-order valence-corrected chi connectivity index (χ1v) is 7.76. The lowest BCUT2D eigenvalue weighted by Gasteiger charge is -2.19. The number of hydrogen-bond acceptors (Lipinski definition) is 7. The number of ether oxygens (including phenoxy) is 1. The fourth-order valence-corrected chi connectivity index (χ4v) is 2.00. The molecule has 0 spiro atoms. The van der Waals surface area contributed by atoms with Crippen LogP contribution in [-0.4, -0.2) is 38.5 Å². The molecule has 1 heterocycles. The third kappa shape index (κ3) is 5.98. The van der Waals surface area contributed by atoms with E-state index in [1.54, 1.807) is 6.08 Å². The lowest BCUT2D eigenvalue weighted by molar-refractivity contribution is 0.287. The summed E-state index contributed by atoms with van der Waals surface area (Å²) in [5.41, 5.74) is 0.908. The maximum atomic E-state index is 7.34. The van der Waals surface area contributed by atoms with Gasteiger partial charge in [-0.2, -0.15) is 4.99 Å². The van der Waals surface area contributed by atoms with Gasteiger partial charge in [-0.15, -0.1) is 0 Å². The first kappa shape index (κ1) is 16.8. The monoisotopic (exact) mass is 316 g/mol. The largest absolute Gasteiger partial charge is 0.477 e. The van der Waals surface area contributed by atoms with Crippen LogP contribution in [0.4, 0.5) is 0 Å². The summed E-state index contributed by atoms with van der Waals surface area (Å²) >= 11 is 0. The molecule has 23 heavy (non-hydrogen) atoms. The molecule has 124 valence electrons. The maximum absolute atomic E-state index is 7.34. The van der Waals surface area contributed by atoms with Crippen molar-refractivity contribution in [1.82, 2.24) is 16.0 Å². The Morgan fingerprint density at radius 2 is 2.30 bits per heavy atom. The lowest BCUT2D eigenvalue weighted by Crippen LogP contribution is -2.31. The number of allylic oxidation sites excluding steroid dienone is 1. The first-order chi connectivity index (χ1) is 11.2. The molecule has 0 amide bonds. The summed E-state index contributed by atoms with van der Waals surface area (Å²) in [5.74, 6) is 2.58. The second-order valence-electron chi connectivity index (χ2n) is 5.44. The molecule has 0 radical (unpaired) electrons. The van der Waals surface area contributed by atoms with Crippen LogP contribution in [0, 0.1) is 16.7 Å². The van der Waals surface area contributed by atoms with E-state index in [4.69, 9.17) is 15.6 Å². The number of rotatable bonds is 9. The zero-order valence-corrected chi connectivity index (χ0v) is 13.4. The van der Waals surface area contributed by atoms with Crippen molar-refractivity contribution in [2.75, 3.05) is 20.2 Å². The summed E-state index contributed by atoms with van der Waals surface area (Å²) < 4.78 is 5.72. The predicted octanol–water partition coefficient (Wildman–Crippen LogP) is 1.48. The number of aliphatic imine (C=N–C) groups is 1. The van der Waals surface area contributed by atoms with Crippen molar-refractivity contribution in [3.8, 4) is 0 Å². The van der Waals surface area contributed by atoms with Gasteiger partial charge in [0.2, 0.25) is 5.90 Å². The number of nitrogens with zero attached hydrogens (tertiary/aromatic N) is 1. The Balaban J connectivity index is 1.91. The van der Waals surface area contributed by atoms with E-state index in [0.717, 1.165) is 17.8 Å². The highest BCUT2D eigenvalue weighted by molar-refractivity contribution is 5.90. The summed E-state index contributed by atoms with van der Waals surface area (Å²) in [4.78, 5) is 4.33. The van der Waals surface area contributed by atoms with Crippen LogP contribution in [0.3, 0.4) is 0 Å². The average Bonchev–Trinajstić information content (AvgIpc) is 3.37. The highest BCUT2D eigenvalue weighted by Gasteiger charge is 2.23. The molecule has 1 aliphatic heterocycles. The van der Waals surface area contributed by atoms with Crippen LogP contribution in [0.2, 0.25) is 0 Å². The van der Waals surface area contributed by atoms with Crippen LogP contribution in [0.15, 0.2) is 40.6 Å². The SMILES string of the molecule is CN/C=C(\C=N)CCNC1=CC(OCC2CC2)=N/C(=C/C=N)N1. The van der Waals surface area contributed by atoms with Crippen LogP contribution in [-0.2, 0) is 4.74 Å². The molecule has 0 atom stereocenters. The van der Waals surface area contributed by atoms with E-state index in [2.05, 4.69) is 20.9 Å². The van der Waals surface area contributed by atoms with Crippen molar-refractivity contribution in [3.63, 3.8) is 0 Å². The molecule has 5 N–H and O–H groups in total. The normalized spacial score (nSPS) is 19.3. The summed E-state index contributed by atoms with van der Waals surface area (Å²) in [5, 5.41) is 23.8. The Morgan fingerprint density at radius 1 is 1.48 bits per heavy atom. The second-order valence-corrected chi connectivity index (χ2v) is 5.44. The predicted molar refractivity (Wildman–Crippen MR) is 92.7 cm³/mol. The van der Waals surface area contributed by atoms with Gasteiger partial charge in [-0.1, -0.05) is 0 Å². The molecule has 0 aromatic rings. The fourth-order valence-electron chi connectivity index (χ4n) is 2.00. The zero-order valence-electron chi connectivity index (χ0n) is 13.4. The average molecular weight is 316 g/mol. The van der Waals surface area contributed by atoms with E-state index in [1.807, 2.05) is 19.3 Å². The number of nitrogens with one attached hydrogen (secondary N) is 5. The van der Waals surface area contributed by atoms with Crippen molar-refractivity contribution in [1.29, 1.82) is 10.8 Å². The van der Waals surface area contributed by atoms with Gasteiger partial charge in [0.15, 0.2) is 0 Å². The molecule has 7 heteroatoms. The summed E-state index contributed by atoms with van der Waals surface area (Å²) in [7, 11) is 1.82. The minimum Gasteiger partial charge on any atom is -0.477 e. The van der Waals surface area contributed by atoms with Crippen LogP contribution >= 0.6 is 0 Å². The standard InChI is InChI=1S/C16H24N6O/c1-19-10-13(9-18)5-7-20-15-8-16(23-11-12-2-3-12)22-14(21-15)4-6-17/h4,6,8-10,12,17-21H,2-3,5,7,11H2,1H3/b13-10-,14-4+,17-6?,18-9?. The van der Waals surface area contributed by atoms with E-state index in [0.29, 0.717) is 30.8 Å². The molecule has 2 rings (SSSR count). The summed E-state index contributed by atoms with van der Waals surface area (Å²) in [6.45, 7) is 1.37. The number of hydrogen-bond donors (Lipinski definition) is 5. The quantitative estimate of drug-likeness (QED) is 0.415. The fraction of sp³-hybridized carbons (Fsp3) is 0.438. The summed E-state index contributed by atoms with van der Waals surface area (Å²) in [6, 6.07) is 0. The molecule has 0 aromatic carbocycles.